The lowest BCUT2D eigenvalue weighted by Gasteiger charge is -2.28. The highest BCUT2D eigenvalue weighted by atomic mass is 79.9. The number of hydrogen-bond donors (Lipinski definition) is 0. The lowest BCUT2D eigenvalue weighted by atomic mass is 9.89. The molecule has 2 heterocycles. The van der Waals surface area contributed by atoms with Crippen molar-refractivity contribution in [3.8, 4) is 11.5 Å². The van der Waals surface area contributed by atoms with Crippen molar-refractivity contribution in [2.75, 3.05) is 38.8 Å². The predicted molar refractivity (Wildman–Crippen MR) is 196 cm³/mol. The van der Waals surface area contributed by atoms with E-state index in [0.717, 1.165) is 45.1 Å². The minimum atomic E-state index is -0.891. The second-order valence-corrected chi connectivity index (χ2v) is 12.9. The fourth-order valence-electron chi connectivity index (χ4n) is 6.24. The molecular weight excluding hydrogens is 690 g/mol. The summed E-state index contributed by atoms with van der Waals surface area (Å²) in [6.07, 6.45) is 1.83. The summed E-state index contributed by atoms with van der Waals surface area (Å²) in [4.78, 5) is 36.4. The molecule has 1 atom stereocenters. The number of carbonyl (C=O) groups excluding carboxylic acids is 1. The molecule has 1 aliphatic rings. The molecule has 1 aromatic heterocycles. The zero-order chi connectivity index (χ0) is 33.9. The number of rotatable bonds is 10. The Morgan fingerprint density at radius 3 is 2.35 bits per heavy atom. The molecule has 0 fully saturated rings. The van der Waals surface area contributed by atoms with Crippen molar-refractivity contribution in [1.82, 2.24) is 4.57 Å². The molecule has 0 unspecified atom stereocenters. The Bertz CT molecular complexity index is 2220. The molecule has 0 spiro atoms. The van der Waals surface area contributed by atoms with Crippen molar-refractivity contribution >= 4 is 61.5 Å². The summed E-state index contributed by atoms with van der Waals surface area (Å²) in [5.74, 6) is 0.629. The first-order valence-corrected chi connectivity index (χ1v) is 17.4. The van der Waals surface area contributed by atoms with Crippen molar-refractivity contribution in [3.05, 3.63) is 125 Å². The quantitative estimate of drug-likeness (QED) is 0.149. The summed E-state index contributed by atoms with van der Waals surface area (Å²) in [6, 6.07) is 24.3. The molecule has 4 aromatic carbocycles. The zero-order valence-electron chi connectivity index (χ0n) is 27.5. The summed E-state index contributed by atoms with van der Waals surface area (Å²) in [5, 5.41) is 1.80. The maximum Gasteiger partial charge on any atom is 0.338 e. The molecule has 1 aliphatic heterocycles. The standard InChI is InChI=1S/C38H36BrN3O5S/c1-6-41(7-2)28-22-30(46-5)25(20-27(28)39)21-31-36(43)42-35(32-26-17-13-12-14-23(26)18-19-29(32)45-4)33(37(44)47-8-3)34(40-38(42)48-31)24-15-10-9-11-16-24/h9-22,35H,6-8H2,1-5H3/b31-21-/t35-/m0/s1. The third-order valence-corrected chi connectivity index (χ3v) is 10.1. The number of hydrogen-bond acceptors (Lipinski definition) is 8. The van der Waals surface area contributed by atoms with E-state index in [1.165, 1.54) is 11.3 Å². The van der Waals surface area contributed by atoms with Gasteiger partial charge in [-0.3, -0.25) is 9.36 Å². The van der Waals surface area contributed by atoms with E-state index in [9.17, 15) is 9.59 Å². The van der Waals surface area contributed by atoms with E-state index < -0.39 is 12.0 Å². The van der Waals surface area contributed by atoms with Crippen molar-refractivity contribution in [2.45, 2.75) is 26.8 Å². The number of methoxy groups -OCH3 is 2. The van der Waals surface area contributed by atoms with Gasteiger partial charge in [-0.1, -0.05) is 72.0 Å². The molecule has 48 heavy (non-hydrogen) atoms. The van der Waals surface area contributed by atoms with Gasteiger partial charge in [0.05, 0.1) is 42.3 Å². The molecule has 0 N–H and O–H groups in total. The molecular formula is C38H36BrN3O5S. The number of carbonyl (C=O) groups is 1. The number of nitrogens with zero attached hydrogens (tertiary/aromatic N) is 3. The molecule has 246 valence electrons. The van der Waals surface area contributed by atoms with E-state index in [-0.39, 0.29) is 17.7 Å². The van der Waals surface area contributed by atoms with Crippen LogP contribution in [0.4, 0.5) is 5.69 Å². The second kappa shape index (κ2) is 14.2. The van der Waals surface area contributed by atoms with Gasteiger partial charge < -0.3 is 19.1 Å². The van der Waals surface area contributed by atoms with Crippen LogP contribution in [-0.2, 0) is 9.53 Å². The van der Waals surface area contributed by atoms with Crippen LogP contribution in [0.1, 0.15) is 43.5 Å². The SMILES string of the molecule is CCOC(=O)C1=C(c2ccccc2)N=c2s/c(=C\c3cc(Br)c(N(CC)CC)cc3OC)c(=O)n2[C@H]1c1c(OC)ccc2ccccc12. The third kappa shape index (κ3) is 5.95. The fraction of sp³-hybridized carbons (Fsp3) is 0.237. The van der Waals surface area contributed by atoms with Crippen LogP contribution >= 0.6 is 27.3 Å². The van der Waals surface area contributed by atoms with E-state index in [1.807, 2.05) is 84.9 Å². The molecule has 0 aliphatic carbocycles. The van der Waals surface area contributed by atoms with Gasteiger partial charge in [-0.15, -0.1) is 0 Å². The van der Waals surface area contributed by atoms with E-state index in [0.29, 0.717) is 32.1 Å². The Balaban J connectivity index is 1.70. The average molecular weight is 727 g/mol. The molecule has 0 bridgehead atoms. The Morgan fingerprint density at radius 2 is 1.67 bits per heavy atom. The van der Waals surface area contributed by atoms with Crippen LogP contribution in [-0.4, -0.2) is 44.5 Å². The summed E-state index contributed by atoms with van der Waals surface area (Å²) < 4.78 is 20.4. The Labute approximate surface area is 291 Å². The smallest absolute Gasteiger partial charge is 0.338 e. The minimum Gasteiger partial charge on any atom is -0.496 e. The highest BCUT2D eigenvalue weighted by molar-refractivity contribution is 9.10. The van der Waals surface area contributed by atoms with Crippen molar-refractivity contribution in [3.63, 3.8) is 0 Å². The van der Waals surface area contributed by atoms with Crippen LogP contribution in [0.25, 0.3) is 22.5 Å². The Hall–Kier alpha value is -4.67. The highest BCUT2D eigenvalue weighted by Crippen LogP contribution is 2.42. The molecule has 0 saturated carbocycles. The number of thiazole rings is 1. The van der Waals surface area contributed by atoms with Crippen molar-refractivity contribution < 1.29 is 19.0 Å². The van der Waals surface area contributed by atoms with E-state index in [4.69, 9.17) is 19.2 Å². The predicted octanol–water partition coefficient (Wildman–Crippen LogP) is 6.71. The largest absolute Gasteiger partial charge is 0.496 e. The van der Waals surface area contributed by atoms with Crippen LogP contribution in [0.15, 0.2) is 98.7 Å². The van der Waals surface area contributed by atoms with Crippen molar-refractivity contribution in [1.29, 1.82) is 0 Å². The number of halogens is 1. The third-order valence-electron chi connectivity index (χ3n) is 8.49. The monoisotopic (exact) mass is 725 g/mol. The van der Waals surface area contributed by atoms with Gasteiger partial charge in [-0.05, 0) is 65.7 Å². The number of benzene rings is 4. The number of anilines is 1. The zero-order valence-corrected chi connectivity index (χ0v) is 29.9. The van der Waals surface area contributed by atoms with Crippen molar-refractivity contribution in [2.24, 2.45) is 4.99 Å². The first-order valence-electron chi connectivity index (χ1n) is 15.8. The number of esters is 1. The number of fused-ring (bicyclic) bond motifs is 2. The van der Waals surface area contributed by atoms with Gasteiger partial charge in [-0.25, -0.2) is 9.79 Å². The molecule has 0 radical (unpaired) electrons. The van der Waals surface area contributed by atoms with Gasteiger partial charge in [0, 0.05) is 40.3 Å². The minimum absolute atomic E-state index is 0.159. The Morgan fingerprint density at radius 1 is 0.958 bits per heavy atom. The summed E-state index contributed by atoms with van der Waals surface area (Å²) in [5.41, 5.74) is 3.58. The fourth-order valence-corrected chi connectivity index (χ4v) is 7.85. The highest BCUT2D eigenvalue weighted by Gasteiger charge is 2.37. The van der Waals surface area contributed by atoms with Crippen LogP contribution < -0.4 is 29.3 Å². The van der Waals surface area contributed by atoms with Crippen LogP contribution in [0.5, 0.6) is 11.5 Å². The maximum absolute atomic E-state index is 14.7. The maximum atomic E-state index is 14.7. The van der Waals surface area contributed by atoms with E-state index in [2.05, 4.69) is 34.7 Å². The topological polar surface area (TPSA) is 82.4 Å². The Kier molecular flexibility index (Phi) is 9.84. The molecule has 0 amide bonds. The first-order chi connectivity index (χ1) is 23.3. The molecule has 0 saturated heterocycles. The molecule has 5 aromatic rings. The van der Waals surface area contributed by atoms with Gasteiger partial charge >= 0.3 is 5.97 Å². The van der Waals surface area contributed by atoms with Crippen LogP contribution in [0.3, 0.4) is 0 Å². The molecule has 10 heteroatoms. The second-order valence-electron chi connectivity index (χ2n) is 11.1. The lowest BCUT2D eigenvalue weighted by Crippen LogP contribution is -2.40. The summed E-state index contributed by atoms with van der Waals surface area (Å²) in [7, 11) is 3.22. The van der Waals surface area contributed by atoms with Gasteiger partial charge in [-0.2, -0.15) is 0 Å². The van der Waals surface area contributed by atoms with Gasteiger partial charge in [0.15, 0.2) is 4.80 Å². The average Bonchev–Trinajstić information content (AvgIpc) is 3.42. The van der Waals surface area contributed by atoms with E-state index in [1.54, 1.807) is 25.7 Å². The van der Waals surface area contributed by atoms with E-state index >= 15 is 0 Å². The van der Waals surface area contributed by atoms with Gasteiger partial charge in [0.25, 0.3) is 5.56 Å². The van der Waals surface area contributed by atoms with Crippen LogP contribution in [0.2, 0.25) is 0 Å². The normalized spacial score (nSPS) is 14.5. The molecule has 8 nitrogen and oxygen atoms in total. The van der Waals surface area contributed by atoms with Gasteiger partial charge in [0.2, 0.25) is 0 Å². The number of ether oxygens (including phenoxy) is 3. The lowest BCUT2D eigenvalue weighted by molar-refractivity contribution is -0.138. The summed E-state index contributed by atoms with van der Waals surface area (Å²) >= 11 is 5.01. The molecule has 6 rings (SSSR count). The van der Waals surface area contributed by atoms with Crippen LogP contribution in [0, 0.1) is 0 Å². The first kappa shape index (κ1) is 33.2. The van der Waals surface area contributed by atoms with Gasteiger partial charge in [0.1, 0.15) is 17.5 Å². The summed E-state index contributed by atoms with van der Waals surface area (Å²) in [6.45, 7) is 7.80. The number of aromatic nitrogens is 1.